The van der Waals surface area contributed by atoms with Gasteiger partial charge in [-0.1, -0.05) is 0 Å². The predicted molar refractivity (Wildman–Crippen MR) is 71.9 cm³/mol. The van der Waals surface area contributed by atoms with Crippen LogP contribution in [0.5, 0.6) is 5.75 Å². The van der Waals surface area contributed by atoms with Crippen LogP contribution in [0.15, 0.2) is 18.2 Å². The highest BCUT2D eigenvalue weighted by atomic mass is 35.5. The maximum Gasteiger partial charge on any atom is 0.471 e. The van der Waals surface area contributed by atoms with Crippen LogP contribution in [0.25, 0.3) is 0 Å². The molecule has 0 aliphatic heterocycles. The van der Waals surface area contributed by atoms with Crippen LogP contribution in [0.3, 0.4) is 0 Å². The van der Waals surface area contributed by atoms with Crippen LogP contribution in [0.2, 0.25) is 0 Å². The van der Waals surface area contributed by atoms with Crippen molar-refractivity contribution < 1.29 is 27.5 Å². The third kappa shape index (κ3) is 4.63. The molecule has 116 valence electrons. The van der Waals surface area contributed by atoms with Crippen molar-refractivity contribution in [2.24, 2.45) is 0 Å². The lowest BCUT2D eigenvalue weighted by molar-refractivity contribution is -0.167. The molecule has 4 nitrogen and oxygen atoms in total. The number of carbonyl (C=O) groups is 2. The van der Waals surface area contributed by atoms with Gasteiger partial charge in [-0.05, 0) is 32.0 Å². The number of nitrogens with one attached hydrogen (secondary N) is 1. The number of hydrogen-bond acceptors (Lipinski definition) is 3. The first-order chi connectivity index (χ1) is 9.66. The number of rotatable bonds is 5. The van der Waals surface area contributed by atoms with Gasteiger partial charge in [0, 0.05) is 5.56 Å². The van der Waals surface area contributed by atoms with E-state index < -0.39 is 23.2 Å². The van der Waals surface area contributed by atoms with E-state index in [1.54, 1.807) is 12.2 Å². The van der Waals surface area contributed by atoms with Crippen molar-refractivity contribution in [3.8, 4) is 5.75 Å². The highest BCUT2D eigenvalue weighted by Gasteiger charge is 2.39. The van der Waals surface area contributed by atoms with Gasteiger partial charge in [-0.25, -0.2) is 0 Å². The number of alkyl halides is 4. The van der Waals surface area contributed by atoms with Crippen molar-refractivity contribution >= 4 is 29.0 Å². The number of anilines is 1. The van der Waals surface area contributed by atoms with Crippen molar-refractivity contribution in [2.75, 3.05) is 11.9 Å². The molecule has 0 aromatic heterocycles. The molecule has 0 heterocycles. The van der Waals surface area contributed by atoms with E-state index in [2.05, 4.69) is 0 Å². The van der Waals surface area contributed by atoms with Crippen LogP contribution in [0.4, 0.5) is 18.9 Å². The molecule has 0 aliphatic carbocycles. The SMILES string of the molecule is CCOc1cc(C(=O)C(C)Cl)ccc1NC(=O)C(F)(F)F. The summed E-state index contributed by atoms with van der Waals surface area (Å²) in [4.78, 5) is 22.7. The third-order valence-electron chi connectivity index (χ3n) is 2.43. The maximum absolute atomic E-state index is 12.2. The zero-order valence-corrected chi connectivity index (χ0v) is 12.0. The van der Waals surface area contributed by atoms with E-state index in [1.807, 2.05) is 0 Å². The number of ether oxygens (including phenoxy) is 1. The summed E-state index contributed by atoms with van der Waals surface area (Å²) < 4.78 is 41.9. The van der Waals surface area contributed by atoms with Gasteiger partial charge in [-0.15, -0.1) is 11.6 Å². The summed E-state index contributed by atoms with van der Waals surface area (Å²) in [6, 6.07) is 3.69. The van der Waals surface area contributed by atoms with E-state index in [-0.39, 0.29) is 23.6 Å². The second-order valence-corrected chi connectivity index (χ2v) is 4.73. The first-order valence-corrected chi connectivity index (χ1v) is 6.43. The minimum Gasteiger partial charge on any atom is -0.492 e. The summed E-state index contributed by atoms with van der Waals surface area (Å²) in [5, 5.41) is 0.915. The molecule has 0 saturated heterocycles. The number of ketones is 1. The summed E-state index contributed by atoms with van der Waals surface area (Å²) in [6.07, 6.45) is -5.01. The number of amides is 1. The zero-order valence-electron chi connectivity index (χ0n) is 11.3. The van der Waals surface area contributed by atoms with Crippen LogP contribution in [-0.4, -0.2) is 29.9 Å². The van der Waals surface area contributed by atoms with Crippen molar-refractivity contribution in [1.82, 2.24) is 0 Å². The van der Waals surface area contributed by atoms with Gasteiger partial charge in [0.05, 0.1) is 17.7 Å². The van der Waals surface area contributed by atoms with Gasteiger partial charge in [0.2, 0.25) is 0 Å². The zero-order chi connectivity index (χ0) is 16.2. The molecule has 0 saturated carbocycles. The van der Waals surface area contributed by atoms with E-state index in [1.165, 1.54) is 25.1 Å². The Morgan fingerprint density at radius 3 is 2.48 bits per heavy atom. The van der Waals surface area contributed by atoms with Gasteiger partial charge in [0.1, 0.15) is 5.75 Å². The monoisotopic (exact) mass is 323 g/mol. The molecule has 0 radical (unpaired) electrons. The fourth-order valence-corrected chi connectivity index (χ4v) is 1.60. The topological polar surface area (TPSA) is 55.4 Å². The Labute approximate surface area is 124 Å². The summed E-state index contributed by atoms with van der Waals surface area (Å²) >= 11 is 5.67. The Morgan fingerprint density at radius 2 is 2.00 bits per heavy atom. The maximum atomic E-state index is 12.2. The second kappa shape index (κ2) is 6.80. The van der Waals surface area contributed by atoms with E-state index in [9.17, 15) is 22.8 Å². The van der Waals surface area contributed by atoms with Crippen molar-refractivity contribution in [1.29, 1.82) is 0 Å². The number of carbonyl (C=O) groups excluding carboxylic acids is 2. The average Bonchev–Trinajstić information content (AvgIpc) is 2.38. The van der Waals surface area contributed by atoms with Gasteiger partial charge in [0.25, 0.3) is 0 Å². The molecule has 1 amide bonds. The molecule has 0 spiro atoms. The summed E-state index contributed by atoms with van der Waals surface area (Å²) in [7, 11) is 0. The Kier molecular flexibility index (Phi) is 5.60. The van der Waals surface area contributed by atoms with Crippen molar-refractivity contribution in [2.45, 2.75) is 25.4 Å². The van der Waals surface area contributed by atoms with Crippen LogP contribution < -0.4 is 10.1 Å². The summed E-state index contributed by atoms with van der Waals surface area (Å²) in [5.74, 6) is -2.54. The summed E-state index contributed by atoms with van der Waals surface area (Å²) in [5.41, 5.74) is 0.0175. The highest BCUT2D eigenvalue weighted by molar-refractivity contribution is 6.33. The lowest BCUT2D eigenvalue weighted by Crippen LogP contribution is -2.30. The van der Waals surface area contributed by atoms with Gasteiger partial charge in [0.15, 0.2) is 5.78 Å². The largest absolute Gasteiger partial charge is 0.492 e. The average molecular weight is 324 g/mol. The molecule has 1 rings (SSSR count). The molecule has 1 aromatic carbocycles. The van der Waals surface area contributed by atoms with Crippen LogP contribution in [0, 0.1) is 0 Å². The predicted octanol–water partition coefficient (Wildman–Crippen LogP) is 3.40. The lowest BCUT2D eigenvalue weighted by Gasteiger charge is -2.14. The highest BCUT2D eigenvalue weighted by Crippen LogP contribution is 2.29. The van der Waals surface area contributed by atoms with Gasteiger partial charge in [-0.3, -0.25) is 9.59 Å². The van der Waals surface area contributed by atoms with Gasteiger partial charge >= 0.3 is 12.1 Å². The van der Waals surface area contributed by atoms with E-state index in [4.69, 9.17) is 16.3 Å². The van der Waals surface area contributed by atoms with Crippen LogP contribution >= 0.6 is 11.6 Å². The fraction of sp³-hybridized carbons (Fsp3) is 0.385. The first kappa shape index (κ1) is 17.3. The van der Waals surface area contributed by atoms with E-state index >= 15 is 0 Å². The third-order valence-corrected chi connectivity index (χ3v) is 2.63. The Bertz CT molecular complexity index is 544. The van der Waals surface area contributed by atoms with Crippen molar-refractivity contribution in [3.63, 3.8) is 0 Å². The molecule has 0 fully saturated rings. The molecular formula is C13H13ClF3NO3. The van der Waals surface area contributed by atoms with Gasteiger partial charge in [-0.2, -0.15) is 13.2 Å². The molecule has 8 heteroatoms. The molecule has 0 aliphatic rings. The molecule has 1 N–H and O–H groups in total. The van der Waals surface area contributed by atoms with Crippen molar-refractivity contribution in [3.05, 3.63) is 23.8 Å². The Morgan fingerprint density at radius 1 is 1.38 bits per heavy atom. The smallest absolute Gasteiger partial charge is 0.471 e. The van der Waals surface area contributed by atoms with Crippen LogP contribution in [-0.2, 0) is 4.79 Å². The van der Waals surface area contributed by atoms with E-state index in [0.717, 1.165) is 0 Å². The Hall–Kier alpha value is -1.76. The number of benzene rings is 1. The number of hydrogen-bond donors (Lipinski definition) is 1. The number of Topliss-reactive ketones (excluding diaryl/α,β-unsaturated/α-hetero) is 1. The summed E-state index contributed by atoms with van der Waals surface area (Å²) in [6.45, 7) is 3.25. The molecule has 1 atom stereocenters. The van der Waals surface area contributed by atoms with Gasteiger partial charge < -0.3 is 10.1 Å². The Balaban J connectivity index is 3.10. The second-order valence-electron chi connectivity index (χ2n) is 4.08. The molecule has 0 bridgehead atoms. The first-order valence-electron chi connectivity index (χ1n) is 6.00. The minimum atomic E-state index is -5.01. The fourth-order valence-electron chi connectivity index (χ4n) is 1.48. The standard InChI is InChI=1S/C13H13ClF3NO3/c1-3-21-10-6-8(11(19)7(2)14)4-5-9(10)18-12(20)13(15,16)17/h4-7H,3H2,1-2H3,(H,18,20). The molecule has 1 unspecified atom stereocenters. The normalized spacial score (nSPS) is 12.7. The quantitative estimate of drug-likeness (QED) is 0.667. The lowest BCUT2D eigenvalue weighted by atomic mass is 10.1. The van der Waals surface area contributed by atoms with Crippen LogP contribution in [0.1, 0.15) is 24.2 Å². The van der Waals surface area contributed by atoms with E-state index in [0.29, 0.717) is 0 Å². The molecule has 21 heavy (non-hydrogen) atoms. The molecular weight excluding hydrogens is 311 g/mol. The number of halogens is 4. The molecule has 1 aromatic rings. The minimum absolute atomic E-state index is 0.0294.